The fraction of sp³-hybridized carbons (Fsp3) is 0.217. The van der Waals surface area contributed by atoms with Crippen LogP contribution in [0.25, 0.3) is 28.0 Å². The van der Waals surface area contributed by atoms with Crippen LogP contribution in [0.5, 0.6) is 0 Å². The van der Waals surface area contributed by atoms with Crippen molar-refractivity contribution in [1.29, 1.82) is 5.26 Å². The molecule has 2 aromatic heterocycles. The molecule has 1 aliphatic heterocycles. The van der Waals surface area contributed by atoms with Crippen LogP contribution < -0.4 is 16.4 Å². The van der Waals surface area contributed by atoms with E-state index >= 15 is 0 Å². The Bertz CT molecular complexity index is 1400. The molecule has 33 heavy (non-hydrogen) atoms. The van der Waals surface area contributed by atoms with Crippen molar-refractivity contribution >= 4 is 28.2 Å². The van der Waals surface area contributed by atoms with Crippen LogP contribution in [0.2, 0.25) is 0 Å². The monoisotopic (exact) mass is 443 g/mol. The fourth-order valence-electron chi connectivity index (χ4n) is 4.08. The SMILES string of the molecule is CN1CCN(c2ccc(-n3nc(-c4ccc(N)c(F)c4)c4c(N)ncnc43)c(C#N)c2)CC1. The second kappa shape index (κ2) is 8.03. The minimum Gasteiger partial charge on any atom is -0.396 e. The Labute approximate surface area is 189 Å². The summed E-state index contributed by atoms with van der Waals surface area (Å²) in [6, 6.07) is 12.4. The van der Waals surface area contributed by atoms with Gasteiger partial charge in [0.1, 0.15) is 29.7 Å². The van der Waals surface area contributed by atoms with E-state index in [1.807, 2.05) is 18.2 Å². The largest absolute Gasteiger partial charge is 0.396 e. The summed E-state index contributed by atoms with van der Waals surface area (Å²) in [5.74, 6) is -0.342. The molecular formula is C23H22FN9. The van der Waals surface area contributed by atoms with Gasteiger partial charge in [0.2, 0.25) is 0 Å². The molecule has 3 heterocycles. The van der Waals surface area contributed by atoms with Gasteiger partial charge in [-0.15, -0.1) is 0 Å². The van der Waals surface area contributed by atoms with Gasteiger partial charge in [-0.05, 0) is 37.4 Å². The molecule has 1 saturated heterocycles. The van der Waals surface area contributed by atoms with E-state index in [1.54, 1.807) is 10.7 Å². The Hall–Kier alpha value is -4.23. The molecule has 10 heteroatoms. The number of nitrogen functional groups attached to an aromatic ring is 2. The number of likely N-dealkylation sites (N-methyl/N-ethyl adjacent to an activating group) is 1. The highest BCUT2D eigenvalue weighted by molar-refractivity contribution is 5.99. The molecule has 0 bridgehead atoms. The Kier molecular flexibility index (Phi) is 5.03. The number of benzene rings is 2. The molecule has 1 aliphatic rings. The number of nitriles is 1. The van der Waals surface area contributed by atoms with Crippen LogP contribution in [-0.2, 0) is 0 Å². The summed E-state index contributed by atoms with van der Waals surface area (Å²) in [5, 5.41) is 15.1. The first kappa shape index (κ1) is 20.7. The van der Waals surface area contributed by atoms with E-state index in [9.17, 15) is 9.65 Å². The number of nitrogens with zero attached hydrogens (tertiary/aromatic N) is 7. The standard InChI is InChI=1S/C23H22FN9/c1-31-6-8-32(9-7-31)16-3-5-19(15(10-16)12-25)33-23-20(22(27)28-13-29-23)21(30-33)14-2-4-18(26)17(24)11-14/h2-5,10-11,13H,6-9,26H2,1H3,(H2,27,28,29). The number of hydrogen-bond acceptors (Lipinski definition) is 8. The molecule has 9 nitrogen and oxygen atoms in total. The van der Waals surface area contributed by atoms with Gasteiger partial charge in [-0.1, -0.05) is 6.07 Å². The van der Waals surface area contributed by atoms with Crippen molar-refractivity contribution in [2.24, 2.45) is 0 Å². The predicted molar refractivity (Wildman–Crippen MR) is 125 cm³/mol. The average molecular weight is 443 g/mol. The van der Waals surface area contributed by atoms with Crippen molar-refractivity contribution in [1.82, 2.24) is 24.6 Å². The minimum atomic E-state index is -0.556. The summed E-state index contributed by atoms with van der Waals surface area (Å²) in [6.45, 7) is 3.71. The molecule has 0 radical (unpaired) electrons. The maximum atomic E-state index is 14.2. The summed E-state index contributed by atoms with van der Waals surface area (Å²) >= 11 is 0. The molecular weight excluding hydrogens is 421 g/mol. The van der Waals surface area contributed by atoms with Gasteiger partial charge in [0.15, 0.2) is 5.65 Å². The molecule has 0 amide bonds. The van der Waals surface area contributed by atoms with Gasteiger partial charge in [0, 0.05) is 37.4 Å². The van der Waals surface area contributed by atoms with Crippen LogP contribution >= 0.6 is 0 Å². The molecule has 2 aromatic carbocycles. The first-order chi connectivity index (χ1) is 16.0. The molecule has 5 rings (SSSR count). The normalized spacial score (nSPS) is 14.5. The molecule has 0 spiro atoms. The molecule has 1 fully saturated rings. The van der Waals surface area contributed by atoms with Gasteiger partial charge in [0.05, 0.1) is 22.3 Å². The smallest absolute Gasteiger partial charge is 0.169 e. The van der Waals surface area contributed by atoms with Gasteiger partial charge in [-0.25, -0.2) is 19.0 Å². The highest BCUT2D eigenvalue weighted by Gasteiger charge is 2.21. The third-order valence-corrected chi connectivity index (χ3v) is 5.97. The van der Waals surface area contributed by atoms with Crippen LogP contribution in [0.4, 0.5) is 21.6 Å². The number of piperazine rings is 1. The van der Waals surface area contributed by atoms with Crippen LogP contribution in [0.1, 0.15) is 5.56 Å². The van der Waals surface area contributed by atoms with Crippen molar-refractivity contribution < 1.29 is 4.39 Å². The predicted octanol–water partition coefficient (Wildman–Crippen LogP) is 2.41. The lowest BCUT2D eigenvalue weighted by atomic mass is 10.1. The average Bonchev–Trinajstić information content (AvgIpc) is 3.22. The number of fused-ring (bicyclic) bond motifs is 1. The topological polar surface area (TPSA) is 126 Å². The number of hydrogen-bond donors (Lipinski definition) is 2. The Morgan fingerprint density at radius 3 is 2.55 bits per heavy atom. The van der Waals surface area contributed by atoms with Gasteiger partial charge in [0.25, 0.3) is 0 Å². The Balaban J connectivity index is 1.65. The van der Waals surface area contributed by atoms with Crippen LogP contribution in [0, 0.1) is 17.1 Å². The second-order valence-electron chi connectivity index (χ2n) is 8.06. The van der Waals surface area contributed by atoms with Crippen molar-refractivity contribution in [2.45, 2.75) is 0 Å². The van der Waals surface area contributed by atoms with E-state index in [0.29, 0.717) is 33.5 Å². The molecule has 0 aliphatic carbocycles. The molecule has 4 aromatic rings. The lowest BCUT2D eigenvalue weighted by Crippen LogP contribution is -2.44. The third kappa shape index (κ3) is 3.58. The van der Waals surface area contributed by atoms with Crippen LogP contribution in [0.15, 0.2) is 42.7 Å². The summed E-state index contributed by atoms with van der Waals surface area (Å²) in [4.78, 5) is 13.0. The molecule has 0 unspecified atom stereocenters. The number of halogens is 1. The van der Waals surface area contributed by atoms with Gasteiger partial charge in [-0.3, -0.25) is 0 Å². The lowest BCUT2D eigenvalue weighted by Gasteiger charge is -2.34. The molecule has 166 valence electrons. The number of aromatic nitrogens is 4. The number of rotatable bonds is 3. The minimum absolute atomic E-state index is 0.0398. The van der Waals surface area contributed by atoms with Crippen molar-refractivity contribution in [3.05, 3.63) is 54.1 Å². The zero-order valence-corrected chi connectivity index (χ0v) is 18.0. The molecule has 0 saturated carbocycles. The van der Waals surface area contributed by atoms with E-state index in [2.05, 4.69) is 38.0 Å². The highest BCUT2D eigenvalue weighted by atomic mass is 19.1. The fourth-order valence-corrected chi connectivity index (χ4v) is 4.08. The van der Waals surface area contributed by atoms with E-state index in [1.165, 1.54) is 18.5 Å². The quantitative estimate of drug-likeness (QED) is 0.462. The summed E-state index contributed by atoms with van der Waals surface area (Å²) in [7, 11) is 2.10. The molecule has 0 atom stereocenters. The molecule has 4 N–H and O–H groups in total. The highest BCUT2D eigenvalue weighted by Crippen LogP contribution is 2.34. The van der Waals surface area contributed by atoms with Gasteiger partial charge in [-0.2, -0.15) is 10.4 Å². The lowest BCUT2D eigenvalue weighted by molar-refractivity contribution is 0.313. The zero-order valence-electron chi connectivity index (χ0n) is 18.0. The van der Waals surface area contributed by atoms with Crippen LogP contribution in [0.3, 0.4) is 0 Å². The summed E-state index contributed by atoms with van der Waals surface area (Å²) in [5.41, 5.74) is 15.1. The number of nitrogens with two attached hydrogens (primary N) is 2. The Morgan fingerprint density at radius 1 is 1.03 bits per heavy atom. The van der Waals surface area contributed by atoms with Crippen LogP contribution in [-0.4, -0.2) is 57.9 Å². The van der Waals surface area contributed by atoms with Gasteiger partial charge >= 0.3 is 0 Å². The maximum Gasteiger partial charge on any atom is 0.169 e. The zero-order chi connectivity index (χ0) is 23.1. The van der Waals surface area contributed by atoms with Crippen molar-refractivity contribution in [3.63, 3.8) is 0 Å². The summed E-state index contributed by atoms with van der Waals surface area (Å²) in [6.07, 6.45) is 1.34. The maximum absolute atomic E-state index is 14.2. The summed E-state index contributed by atoms with van der Waals surface area (Å²) < 4.78 is 15.7. The van der Waals surface area contributed by atoms with Gasteiger partial charge < -0.3 is 21.3 Å². The van der Waals surface area contributed by atoms with E-state index in [4.69, 9.17) is 11.5 Å². The first-order valence-corrected chi connectivity index (χ1v) is 10.5. The van der Waals surface area contributed by atoms with E-state index in [-0.39, 0.29) is 11.5 Å². The third-order valence-electron chi connectivity index (χ3n) is 5.97. The number of anilines is 3. The van der Waals surface area contributed by atoms with E-state index < -0.39 is 5.82 Å². The Morgan fingerprint density at radius 2 is 1.82 bits per heavy atom. The first-order valence-electron chi connectivity index (χ1n) is 10.5. The van der Waals surface area contributed by atoms with Crippen molar-refractivity contribution in [2.75, 3.05) is 49.6 Å². The second-order valence-corrected chi connectivity index (χ2v) is 8.06. The van der Waals surface area contributed by atoms with Crippen molar-refractivity contribution in [3.8, 4) is 23.0 Å². The van der Waals surface area contributed by atoms with E-state index in [0.717, 1.165) is 31.9 Å².